The SMILES string of the molecule is Cc1cc(-c2ccncc2N2CCN(C(=O)/C=C/CN(C)C)CC2)ccc1CNC(=O)c1nc(C2(C)CC2)no1. The number of aryl methyl sites for hydroxylation is 1. The van der Waals surface area contributed by atoms with Crippen molar-refractivity contribution in [3.63, 3.8) is 0 Å². The molecule has 0 unspecified atom stereocenters. The third kappa shape index (κ3) is 6.22. The lowest BCUT2D eigenvalue weighted by molar-refractivity contribution is -0.126. The van der Waals surface area contributed by atoms with Crippen LogP contribution in [0.3, 0.4) is 0 Å². The number of nitrogens with zero attached hydrogens (tertiary/aromatic N) is 6. The number of nitrogens with one attached hydrogen (secondary N) is 1. The highest BCUT2D eigenvalue weighted by Gasteiger charge is 2.44. The van der Waals surface area contributed by atoms with Crippen molar-refractivity contribution in [2.24, 2.45) is 0 Å². The third-order valence-corrected chi connectivity index (χ3v) is 7.72. The first-order valence-corrected chi connectivity index (χ1v) is 13.7. The Morgan fingerprint density at radius 1 is 1.15 bits per heavy atom. The highest BCUT2D eigenvalue weighted by molar-refractivity contribution is 5.89. The Labute approximate surface area is 235 Å². The minimum Gasteiger partial charge on any atom is -0.366 e. The van der Waals surface area contributed by atoms with Gasteiger partial charge in [-0.1, -0.05) is 36.4 Å². The largest absolute Gasteiger partial charge is 0.366 e. The molecule has 3 aromatic rings. The third-order valence-electron chi connectivity index (χ3n) is 7.72. The van der Waals surface area contributed by atoms with Crippen molar-refractivity contribution in [3.8, 4) is 11.1 Å². The number of amides is 2. The molecule has 1 saturated carbocycles. The molecule has 0 radical (unpaired) electrons. The predicted molar refractivity (Wildman–Crippen MR) is 153 cm³/mol. The number of pyridine rings is 1. The van der Waals surface area contributed by atoms with Crippen molar-refractivity contribution < 1.29 is 14.1 Å². The molecule has 10 heteroatoms. The maximum absolute atomic E-state index is 12.6. The second-order valence-corrected chi connectivity index (χ2v) is 11.2. The summed E-state index contributed by atoms with van der Waals surface area (Å²) in [6.07, 6.45) is 9.31. The number of benzene rings is 1. The zero-order valence-corrected chi connectivity index (χ0v) is 23.7. The molecule has 0 atom stereocenters. The van der Waals surface area contributed by atoms with E-state index in [4.69, 9.17) is 4.52 Å². The number of anilines is 1. The average molecular weight is 544 g/mol. The highest BCUT2D eigenvalue weighted by Crippen LogP contribution is 2.45. The number of hydrogen-bond acceptors (Lipinski definition) is 8. The fraction of sp³-hybridized carbons (Fsp3) is 0.433. The Morgan fingerprint density at radius 3 is 2.62 bits per heavy atom. The summed E-state index contributed by atoms with van der Waals surface area (Å²) >= 11 is 0. The number of piperazine rings is 1. The first kappa shape index (κ1) is 27.5. The van der Waals surface area contributed by atoms with Crippen LogP contribution in [-0.2, 0) is 16.8 Å². The van der Waals surface area contributed by atoms with Gasteiger partial charge in [-0.25, -0.2) is 0 Å². The normalized spacial score (nSPS) is 16.5. The van der Waals surface area contributed by atoms with E-state index in [0.29, 0.717) is 25.5 Å². The molecule has 5 rings (SSSR count). The van der Waals surface area contributed by atoms with Gasteiger partial charge in [-0.3, -0.25) is 14.6 Å². The van der Waals surface area contributed by atoms with E-state index in [9.17, 15) is 9.59 Å². The van der Waals surface area contributed by atoms with Crippen LogP contribution in [0.15, 0.2) is 53.3 Å². The quantitative estimate of drug-likeness (QED) is 0.410. The van der Waals surface area contributed by atoms with Gasteiger partial charge in [0.25, 0.3) is 0 Å². The first-order chi connectivity index (χ1) is 19.2. The van der Waals surface area contributed by atoms with Crippen LogP contribution < -0.4 is 10.2 Å². The Bertz CT molecular complexity index is 1400. The monoisotopic (exact) mass is 543 g/mol. The zero-order chi connectivity index (χ0) is 28.3. The molecular formula is C30H37N7O3. The Morgan fingerprint density at radius 2 is 1.93 bits per heavy atom. The van der Waals surface area contributed by atoms with E-state index in [1.165, 1.54) is 0 Å². The van der Waals surface area contributed by atoms with Crippen molar-refractivity contribution in [3.05, 3.63) is 71.7 Å². The second kappa shape index (κ2) is 11.6. The Kier molecular flexibility index (Phi) is 7.97. The maximum atomic E-state index is 12.6. The standard InChI is InChI=1S/C30H37N7O3/c1-21-18-22(7-8-23(21)19-32-27(39)28-33-29(34-40-28)30(2)10-11-30)24-9-12-31-20-25(24)36-14-16-37(17-15-36)26(38)6-5-13-35(3)4/h5-9,12,18,20H,10-11,13-17,19H2,1-4H3,(H,32,39)/b6-5+. The smallest absolute Gasteiger partial charge is 0.315 e. The van der Waals surface area contributed by atoms with E-state index in [-0.39, 0.29) is 23.1 Å². The van der Waals surface area contributed by atoms with Crippen LogP contribution in [0.2, 0.25) is 0 Å². The summed E-state index contributed by atoms with van der Waals surface area (Å²) in [6, 6.07) is 8.27. The van der Waals surface area contributed by atoms with E-state index in [0.717, 1.165) is 60.4 Å². The van der Waals surface area contributed by atoms with E-state index < -0.39 is 0 Å². The Balaban J connectivity index is 1.21. The molecule has 2 aromatic heterocycles. The minimum atomic E-state index is -0.367. The second-order valence-electron chi connectivity index (χ2n) is 11.2. The number of likely N-dealkylation sites (N-methyl/N-ethyl adjacent to an activating group) is 1. The number of rotatable bonds is 9. The average Bonchev–Trinajstić information content (AvgIpc) is 3.50. The highest BCUT2D eigenvalue weighted by atomic mass is 16.5. The van der Waals surface area contributed by atoms with Crippen molar-refractivity contribution in [2.45, 2.75) is 38.6 Å². The minimum absolute atomic E-state index is 0.00482. The summed E-state index contributed by atoms with van der Waals surface area (Å²) < 4.78 is 5.19. The van der Waals surface area contributed by atoms with E-state index >= 15 is 0 Å². The number of carbonyl (C=O) groups is 2. The van der Waals surface area contributed by atoms with Gasteiger partial charge in [-0.05, 0) is 56.6 Å². The Hall–Kier alpha value is -4.05. The van der Waals surface area contributed by atoms with Gasteiger partial charge in [-0.15, -0.1) is 0 Å². The summed E-state index contributed by atoms with van der Waals surface area (Å²) in [5.74, 6) is 0.304. The molecule has 210 valence electrons. The fourth-order valence-corrected chi connectivity index (χ4v) is 4.80. The van der Waals surface area contributed by atoms with Gasteiger partial charge in [0.05, 0.1) is 11.9 Å². The molecule has 1 aliphatic carbocycles. The van der Waals surface area contributed by atoms with Crippen LogP contribution >= 0.6 is 0 Å². The summed E-state index contributed by atoms with van der Waals surface area (Å²) in [6.45, 7) is 8.04. The van der Waals surface area contributed by atoms with Crippen LogP contribution in [0.1, 0.15) is 47.4 Å². The summed E-state index contributed by atoms with van der Waals surface area (Å²) in [7, 11) is 3.96. The predicted octanol–water partition coefficient (Wildman–Crippen LogP) is 3.19. The molecule has 0 spiro atoms. The van der Waals surface area contributed by atoms with E-state index in [2.05, 4.69) is 44.4 Å². The fourth-order valence-electron chi connectivity index (χ4n) is 4.80. The van der Waals surface area contributed by atoms with Crippen molar-refractivity contribution in [1.29, 1.82) is 0 Å². The van der Waals surface area contributed by atoms with Crippen LogP contribution in [-0.4, -0.2) is 83.6 Å². The molecule has 1 N–H and O–H groups in total. The molecule has 40 heavy (non-hydrogen) atoms. The van der Waals surface area contributed by atoms with Gasteiger partial charge in [0.15, 0.2) is 5.82 Å². The molecule has 2 aliphatic rings. The van der Waals surface area contributed by atoms with Gasteiger partial charge in [0, 0.05) is 62.5 Å². The van der Waals surface area contributed by atoms with Crippen molar-refractivity contribution in [1.82, 2.24) is 30.2 Å². The van der Waals surface area contributed by atoms with Crippen LogP contribution in [0.25, 0.3) is 11.1 Å². The molecule has 2 fully saturated rings. The van der Waals surface area contributed by atoms with Crippen LogP contribution in [0, 0.1) is 6.92 Å². The molecule has 1 aliphatic heterocycles. The topological polar surface area (TPSA) is 108 Å². The van der Waals surface area contributed by atoms with Crippen LogP contribution in [0.5, 0.6) is 0 Å². The van der Waals surface area contributed by atoms with Gasteiger partial charge >= 0.3 is 11.8 Å². The van der Waals surface area contributed by atoms with Gasteiger partial charge in [0.1, 0.15) is 0 Å². The van der Waals surface area contributed by atoms with Crippen LogP contribution in [0.4, 0.5) is 5.69 Å². The lowest BCUT2D eigenvalue weighted by Gasteiger charge is -2.36. The molecular weight excluding hydrogens is 506 g/mol. The number of carbonyl (C=O) groups excluding carboxylic acids is 2. The zero-order valence-electron chi connectivity index (χ0n) is 23.7. The lowest BCUT2D eigenvalue weighted by Crippen LogP contribution is -2.48. The van der Waals surface area contributed by atoms with E-state index in [1.54, 1.807) is 12.3 Å². The molecule has 2 amide bonds. The molecule has 10 nitrogen and oxygen atoms in total. The first-order valence-electron chi connectivity index (χ1n) is 13.7. The van der Waals surface area contributed by atoms with E-state index in [1.807, 2.05) is 55.2 Å². The van der Waals surface area contributed by atoms with Gasteiger partial charge in [0.2, 0.25) is 5.91 Å². The van der Waals surface area contributed by atoms with Crippen molar-refractivity contribution >= 4 is 17.5 Å². The molecule has 3 heterocycles. The summed E-state index contributed by atoms with van der Waals surface area (Å²) in [5.41, 5.74) is 5.25. The number of hydrogen-bond donors (Lipinski definition) is 1. The molecule has 1 aromatic carbocycles. The maximum Gasteiger partial charge on any atom is 0.315 e. The van der Waals surface area contributed by atoms with Gasteiger partial charge in [-0.2, -0.15) is 4.98 Å². The molecule has 0 bridgehead atoms. The van der Waals surface area contributed by atoms with Gasteiger partial charge < -0.3 is 24.5 Å². The summed E-state index contributed by atoms with van der Waals surface area (Å²) in [5, 5.41) is 6.89. The lowest BCUT2D eigenvalue weighted by atomic mass is 9.99. The molecule has 1 saturated heterocycles. The number of aromatic nitrogens is 3. The van der Waals surface area contributed by atoms with Crippen molar-refractivity contribution in [2.75, 3.05) is 51.7 Å². The summed E-state index contributed by atoms with van der Waals surface area (Å²) in [4.78, 5) is 40.0.